The smallest absolute Gasteiger partial charge is 0.244 e. The summed E-state index contributed by atoms with van der Waals surface area (Å²) in [7, 11) is -2.17. The molecule has 2 unspecified atom stereocenters. The number of sulfonamides is 1. The van der Waals surface area contributed by atoms with Crippen molar-refractivity contribution >= 4 is 21.6 Å². The molecule has 2 aromatic carbocycles. The second-order valence-corrected chi connectivity index (χ2v) is 8.78. The van der Waals surface area contributed by atoms with Gasteiger partial charge in [0.25, 0.3) is 0 Å². The Morgan fingerprint density at radius 2 is 1.87 bits per heavy atom. The van der Waals surface area contributed by atoms with Crippen LogP contribution in [0.5, 0.6) is 17.2 Å². The maximum Gasteiger partial charge on any atom is 0.244 e. The topological polar surface area (TPSA) is 94.2 Å². The van der Waals surface area contributed by atoms with Crippen LogP contribution >= 0.6 is 0 Å². The molecular formula is C21H26N2O6S. The van der Waals surface area contributed by atoms with Crippen molar-refractivity contribution in [1.82, 2.24) is 5.32 Å². The van der Waals surface area contributed by atoms with Crippen LogP contribution in [-0.4, -0.2) is 53.0 Å². The highest BCUT2D eigenvalue weighted by molar-refractivity contribution is 7.92. The van der Waals surface area contributed by atoms with Gasteiger partial charge in [-0.1, -0.05) is 19.1 Å². The van der Waals surface area contributed by atoms with Crippen LogP contribution in [0.1, 0.15) is 13.3 Å². The Balaban J connectivity index is 1.71. The standard InChI is InChI=1S/C21H26N2O6S/c1-4-18(23(30(3,25)26)15-9-11-16(27-2)12-10-15)21(24)22-13-17-14-28-19-7-5-6-8-20(19)29-17/h5-12,17-18H,4,13-14H2,1-3H3,(H,22,24). The molecule has 0 saturated carbocycles. The number of ether oxygens (including phenoxy) is 3. The van der Waals surface area contributed by atoms with Crippen molar-refractivity contribution < 1.29 is 27.4 Å². The van der Waals surface area contributed by atoms with E-state index in [0.29, 0.717) is 36.0 Å². The third-order valence-corrected chi connectivity index (χ3v) is 5.91. The van der Waals surface area contributed by atoms with Gasteiger partial charge in [-0.15, -0.1) is 0 Å². The average molecular weight is 435 g/mol. The minimum Gasteiger partial charge on any atom is -0.497 e. The fourth-order valence-corrected chi connectivity index (χ4v) is 4.50. The molecule has 30 heavy (non-hydrogen) atoms. The molecule has 0 radical (unpaired) electrons. The number of anilines is 1. The van der Waals surface area contributed by atoms with Crippen LogP contribution in [0.4, 0.5) is 5.69 Å². The number of methoxy groups -OCH3 is 1. The number of rotatable bonds is 8. The van der Waals surface area contributed by atoms with E-state index in [0.717, 1.165) is 10.6 Å². The zero-order valence-electron chi connectivity index (χ0n) is 17.2. The Hall–Kier alpha value is -2.94. The minimum absolute atomic E-state index is 0.198. The van der Waals surface area contributed by atoms with Crippen LogP contribution in [0.3, 0.4) is 0 Å². The number of hydrogen-bond acceptors (Lipinski definition) is 6. The molecule has 8 nitrogen and oxygen atoms in total. The Kier molecular flexibility index (Phi) is 6.71. The van der Waals surface area contributed by atoms with Crippen LogP contribution in [0.15, 0.2) is 48.5 Å². The number of carbonyl (C=O) groups excluding carboxylic acids is 1. The van der Waals surface area contributed by atoms with Crippen LogP contribution < -0.4 is 23.8 Å². The van der Waals surface area contributed by atoms with Gasteiger partial charge in [-0.2, -0.15) is 0 Å². The van der Waals surface area contributed by atoms with Crippen LogP contribution in [0.25, 0.3) is 0 Å². The van der Waals surface area contributed by atoms with Crippen molar-refractivity contribution in [3.63, 3.8) is 0 Å². The molecule has 3 rings (SSSR count). The molecule has 0 spiro atoms. The van der Waals surface area contributed by atoms with E-state index in [1.54, 1.807) is 37.3 Å². The summed E-state index contributed by atoms with van der Waals surface area (Å²) in [6, 6.07) is 13.0. The van der Waals surface area contributed by atoms with Gasteiger partial charge in [0.15, 0.2) is 11.5 Å². The normalized spacial score (nSPS) is 16.4. The zero-order valence-corrected chi connectivity index (χ0v) is 18.0. The van der Waals surface area contributed by atoms with Gasteiger partial charge in [0, 0.05) is 0 Å². The molecule has 0 saturated heterocycles. The molecule has 9 heteroatoms. The predicted octanol–water partition coefficient (Wildman–Crippen LogP) is 2.20. The summed E-state index contributed by atoms with van der Waals surface area (Å²) in [6.07, 6.45) is 1.02. The maximum absolute atomic E-state index is 12.9. The largest absolute Gasteiger partial charge is 0.497 e. The third kappa shape index (κ3) is 4.96. The van der Waals surface area contributed by atoms with Gasteiger partial charge in [0.1, 0.15) is 24.5 Å². The summed E-state index contributed by atoms with van der Waals surface area (Å²) >= 11 is 0. The third-order valence-electron chi connectivity index (χ3n) is 4.73. The average Bonchev–Trinajstić information content (AvgIpc) is 2.75. The van der Waals surface area contributed by atoms with E-state index in [4.69, 9.17) is 14.2 Å². The molecule has 1 aliphatic rings. The number of carbonyl (C=O) groups is 1. The lowest BCUT2D eigenvalue weighted by atomic mass is 10.2. The maximum atomic E-state index is 12.9. The molecule has 162 valence electrons. The van der Waals surface area contributed by atoms with Crippen molar-refractivity contribution in [3.8, 4) is 17.2 Å². The SMILES string of the molecule is CCC(C(=O)NCC1COc2ccccc2O1)N(c1ccc(OC)cc1)S(C)(=O)=O. The molecule has 0 fully saturated rings. The summed E-state index contributed by atoms with van der Waals surface area (Å²) < 4.78 is 42.8. The van der Waals surface area contributed by atoms with Gasteiger partial charge in [0.05, 0.1) is 25.6 Å². The molecule has 1 N–H and O–H groups in total. The van der Waals surface area contributed by atoms with Gasteiger partial charge in [0.2, 0.25) is 15.9 Å². The molecule has 1 heterocycles. The van der Waals surface area contributed by atoms with Crippen molar-refractivity contribution in [1.29, 1.82) is 0 Å². The Morgan fingerprint density at radius 3 is 2.47 bits per heavy atom. The second kappa shape index (κ2) is 9.25. The van der Waals surface area contributed by atoms with Gasteiger partial charge in [-0.25, -0.2) is 8.42 Å². The highest BCUT2D eigenvalue weighted by Crippen LogP contribution is 2.30. The van der Waals surface area contributed by atoms with Crippen molar-refractivity contribution in [2.24, 2.45) is 0 Å². The van der Waals surface area contributed by atoms with Gasteiger partial charge in [-0.05, 0) is 42.8 Å². The number of nitrogens with one attached hydrogen (secondary N) is 1. The Labute approximate surface area is 176 Å². The number of hydrogen-bond donors (Lipinski definition) is 1. The highest BCUT2D eigenvalue weighted by Gasteiger charge is 2.32. The van der Waals surface area contributed by atoms with E-state index >= 15 is 0 Å². The number of nitrogens with zero attached hydrogens (tertiary/aromatic N) is 1. The first-order chi connectivity index (χ1) is 14.3. The quantitative estimate of drug-likeness (QED) is 0.685. The van der Waals surface area contributed by atoms with Crippen LogP contribution in [0.2, 0.25) is 0 Å². The van der Waals surface area contributed by atoms with E-state index in [9.17, 15) is 13.2 Å². The summed E-state index contributed by atoms with van der Waals surface area (Å²) in [5, 5.41) is 2.80. The Bertz CT molecular complexity index is 977. The van der Waals surface area contributed by atoms with Gasteiger partial charge < -0.3 is 19.5 Å². The van der Waals surface area contributed by atoms with E-state index in [1.807, 2.05) is 18.2 Å². The monoisotopic (exact) mass is 434 g/mol. The summed E-state index contributed by atoms with van der Waals surface area (Å²) in [5.74, 6) is 1.47. The molecule has 1 amide bonds. The molecule has 1 aliphatic heterocycles. The lowest BCUT2D eigenvalue weighted by Crippen LogP contribution is -2.51. The second-order valence-electron chi connectivity index (χ2n) is 6.92. The van der Waals surface area contributed by atoms with Crippen LogP contribution in [-0.2, 0) is 14.8 Å². The van der Waals surface area contributed by atoms with E-state index in [2.05, 4.69) is 5.32 Å². The van der Waals surface area contributed by atoms with Crippen molar-refractivity contribution in [2.45, 2.75) is 25.5 Å². The van der Waals surface area contributed by atoms with E-state index in [-0.39, 0.29) is 12.6 Å². The zero-order chi connectivity index (χ0) is 21.7. The Morgan fingerprint density at radius 1 is 1.20 bits per heavy atom. The van der Waals surface area contributed by atoms with E-state index < -0.39 is 22.0 Å². The summed E-state index contributed by atoms with van der Waals surface area (Å²) in [6.45, 7) is 2.26. The van der Waals surface area contributed by atoms with Gasteiger partial charge in [-0.3, -0.25) is 9.10 Å². The molecule has 2 aromatic rings. The molecule has 2 atom stereocenters. The first kappa shape index (κ1) is 21.8. The predicted molar refractivity (Wildman–Crippen MR) is 114 cm³/mol. The van der Waals surface area contributed by atoms with E-state index in [1.165, 1.54) is 7.11 Å². The fraction of sp³-hybridized carbons (Fsp3) is 0.381. The number of benzene rings is 2. The summed E-state index contributed by atoms with van der Waals surface area (Å²) in [4.78, 5) is 12.9. The number of fused-ring (bicyclic) bond motifs is 1. The van der Waals surface area contributed by atoms with Crippen molar-refractivity contribution in [2.75, 3.05) is 30.8 Å². The molecule has 0 aliphatic carbocycles. The molecule has 0 bridgehead atoms. The fourth-order valence-electron chi connectivity index (χ4n) is 3.29. The van der Waals surface area contributed by atoms with Crippen LogP contribution in [0, 0.1) is 0 Å². The lowest BCUT2D eigenvalue weighted by molar-refractivity contribution is -0.122. The molecular weight excluding hydrogens is 408 g/mol. The highest BCUT2D eigenvalue weighted by atomic mass is 32.2. The molecule has 0 aromatic heterocycles. The van der Waals surface area contributed by atoms with Crippen molar-refractivity contribution in [3.05, 3.63) is 48.5 Å². The first-order valence-electron chi connectivity index (χ1n) is 9.63. The number of para-hydroxylation sites is 2. The van der Waals surface area contributed by atoms with Gasteiger partial charge >= 0.3 is 0 Å². The minimum atomic E-state index is -3.70. The summed E-state index contributed by atoms with van der Waals surface area (Å²) in [5.41, 5.74) is 0.395. The number of amides is 1. The lowest BCUT2D eigenvalue weighted by Gasteiger charge is -2.31. The first-order valence-corrected chi connectivity index (χ1v) is 11.5.